The third-order valence-electron chi connectivity index (χ3n) is 6.06. The van der Waals surface area contributed by atoms with Crippen LogP contribution in [-0.4, -0.2) is 53.9 Å². The minimum absolute atomic E-state index is 0.0671. The van der Waals surface area contributed by atoms with Crippen LogP contribution in [-0.2, 0) is 11.8 Å². The summed E-state index contributed by atoms with van der Waals surface area (Å²) in [4.78, 5) is 6.85. The molecule has 6 nitrogen and oxygen atoms in total. The summed E-state index contributed by atoms with van der Waals surface area (Å²) < 4.78 is 7.78. The van der Waals surface area contributed by atoms with E-state index in [2.05, 4.69) is 34.2 Å². The summed E-state index contributed by atoms with van der Waals surface area (Å²) in [7, 11) is 3.82. The molecule has 0 radical (unpaired) electrons. The summed E-state index contributed by atoms with van der Waals surface area (Å²) in [5.41, 5.74) is 1.14. The molecule has 1 saturated carbocycles. The fraction of sp³-hybridized carbons (Fsp3) is 0.800. The second-order valence-corrected chi connectivity index (χ2v) is 8.21. The van der Waals surface area contributed by atoms with Gasteiger partial charge >= 0.3 is 0 Å². The molecule has 1 N–H and O–H groups in total. The maximum absolute atomic E-state index is 5.95. The van der Waals surface area contributed by atoms with E-state index in [4.69, 9.17) is 4.74 Å². The van der Waals surface area contributed by atoms with Crippen LogP contribution in [0.5, 0.6) is 0 Å². The third-order valence-corrected chi connectivity index (χ3v) is 6.06. The average Bonchev–Trinajstić information content (AvgIpc) is 3.09. The van der Waals surface area contributed by atoms with Gasteiger partial charge in [0, 0.05) is 38.9 Å². The molecular formula is C20H35N5O. The average molecular weight is 362 g/mol. The van der Waals surface area contributed by atoms with E-state index in [1.165, 1.54) is 25.7 Å². The lowest BCUT2D eigenvalue weighted by Crippen LogP contribution is -2.49. The van der Waals surface area contributed by atoms with Crippen LogP contribution < -0.4 is 5.32 Å². The highest BCUT2D eigenvalue weighted by atomic mass is 16.5. The molecule has 0 spiro atoms. The number of aryl methyl sites for hydroxylation is 1. The SMILES string of the molecule is CN=C(NCC1CCC(C(C)C)CC1)N1CCOC(c2cnn(C)c2)C1. The van der Waals surface area contributed by atoms with Crippen LogP contribution in [0.3, 0.4) is 0 Å². The summed E-state index contributed by atoms with van der Waals surface area (Å²) in [5, 5.41) is 7.90. The molecule has 2 aliphatic rings. The Balaban J connectivity index is 1.49. The van der Waals surface area contributed by atoms with Crippen molar-refractivity contribution in [1.29, 1.82) is 0 Å². The summed E-state index contributed by atoms with van der Waals surface area (Å²) >= 11 is 0. The Kier molecular flexibility index (Phi) is 6.57. The van der Waals surface area contributed by atoms with Crippen molar-refractivity contribution in [3.63, 3.8) is 0 Å². The number of ether oxygens (including phenoxy) is 1. The number of aromatic nitrogens is 2. The van der Waals surface area contributed by atoms with Gasteiger partial charge in [0.05, 0.1) is 19.3 Å². The predicted molar refractivity (Wildman–Crippen MR) is 105 cm³/mol. The lowest BCUT2D eigenvalue weighted by Gasteiger charge is -2.36. The summed E-state index contributed by atoms with van der Waals surface area (Å²) in [6.07, 6.45) is 9.45. The predicted octanol–water partition coefficient (Wildman–Crippen LogP) is 2.83. The standard InChI is InChI=1S/C20H35N5O/c1-15(2)17-7-5-16(6-8-17)11-22-20(21-3)25-9-10-26-19(14-25)18-12-23-24(4)13-18/h12-13,15-17,19H,5-11,14H2,1-4H3,(H,21,22). The van der Waals surface area contributed by atoms with Crippen LogP contribution in [0.4, 0.5) is 0 Å². The van der Waals surface area contributed by atoms with Gasteiger partial charge in [-0.3, -0.25) is 9.67 Å². The van der Waals surface area contributed by atoms with Crippen LogP contribution in [0.2, 0.25) is 0 Å². The topological polar surface area (TPSA) is 54.7 Å². The molecule has 0 amide bonds. The molecule has 2 heterocycles. The van der Waals surface area contributed by atoms with E-state index in [0.717, 1.165) is 55.5 Å². The number of hydrogen-bond acceptors (Lipinski definition) is 3. The molecule has 0 bridgehead atoms. The van der Waals surface area contributed by atoms with Gasteiger partial charge in [-0.1, -0.05) is 13.8 Å². The second kappa shape index (κ2) is 8.89. The number of rotatable bonds is 4. The highest BCUT2D eigenvalue weighted by molar-refractivity contribution is 5.80. The first-order chi connectivity index (χ1) is 12.6. The normalized spacial score (nSPS) is 27.8. The van der Waals surface area contributed by atoms with E-state index in [1.54, 1.807) is 0 Å². The van der Waals surface area contributed by atoms with Crippen molar-refractivity contribution in [2.24, 2.45) is 29.8 Å². The minimum atomic E-state index is 0.0671. The van der Waals surface area contributed by atoms with Gasteiger partial charge in [0.1, 0.15) is 6.10 Å². The second-order valence-electron chi connectivity index (χ2n) is 8.21. The molecule has 1 aliphatic heterocycles. The third kappa shape index (κ3) is 4.78. The van der Waals surface area contributed by atoms with Crippen LogP contribution in [0.25, 0.3) is 0 Å². The smallest absolute Gasteiger partial charge is 0.193 e. The van der Waals surface area contributed by atoms with Gasteiger partial charge < -0.3 is 15.0 Å². The molecule has 1 aromatic rings. The molecule has 3 rings (SSSR count). The fourth-order valence-electron chi connectivity index (χ4n) is 4.28. The van der Waals surface area contributed by atoms with Gasteiger partial charge in [-0.2, -0.15) is 5.10 Å². The van der Waals surface area contributed by atoms with Gasteiger partial charge in [0.15, 0.2) is 5.96 Å². The fourth-order valence-corrected chi connectivity index (χ4v) is 4.28. The zero-order valence-corrected chi connectivity index (χ0v) is 16.8. The molecule has 1 unspecified atom stereocenters. The van der Waals surface area contributed by atoms with Crippen molar-refractivity contribution in [3.8, 4) is 0 Å². The maximum Gasteiger partial charge on any atom is 0.193 e. The van der Waals surface area contributed by atoms with Gasteiger partial charge in [0.25, 0.3) is 0 Å². The molecule has 1 aliphatic carbocycles. The Bertz CT molecular complexity index is 589. The number of nitrogens with one attached hydrogen (secondary N) is 1. The first kappa shape index (κ1) is 19.2. The van der Waals surface area contributed by atoms with Crippen molar-refractivity contribution in [1.82, 2.24) is 20.0 Å². The minimum Gasteiger partial charge on any atom is -0.370 e. The summed E-state index contributed by atoms with van der Waals surface area (Å²) in [6.45, 7) is 8.19. The number of guanidine groups is 1. The van der Waals surface area contributed by atoms with Gasteiger partial charge in [-0.15, -0.1) is 0 Å². The molecule has 26 heavy (non-hydrogen) atoms. The Hall–Kier alpha value is -1.56. The van der Waals surface area contributed by atoms with Crippen molar-refractivity contribution in [3.05, 3.63) is 18.0 Å². The largest absolute Gasteiger partial charge is 0.370 e. The van der Waals surface area contributed by atoms with E-state index in [1.807, 2.05) is 31.2 Å². The highest BCUT2D eigenvalue weighted by Crippen LogP contribution is 2.32. The van der Waals surface area contributed by atoms with Gasteiger partial charge in [-0.05, 0) is 43.4 Å². The number of hydrogen-bond donors (Lipinski definition) is 1. The molecule has 0 aromatic carbocycles. The Labute approximate surface area is 158 Å². The molecule has 1 aromatic heterocycles. The zero-order chi connectivity index (χ0) is 18.5. The van der Waals surface area contributed by atoms with E-state index < -0.39 is 0 Å². The molecule has 1 saturated heterocycles. The Morgan fingerprint density at radius 3 is 2.73 bits per heavy atom. The Morgan fingerprint density at radius 1 is 1.35 bits per heavy atom. The van der Waals surface area contributed by atoms with Crippen LogP contribution in [0.15, 0.2) is 17.4 Å². The van der Waals surface area contributed by atoms with Crippen LogP contribution in [0, 0.1) is 17.8 Å². The lowest BCUT2D eigenvalue weighted by molar-refractivity contribution is -0.00811. The van der Waals surface area contributed by atoms with E-state index in [-0.39, 0.29) is 6.10 Å². The number of morpholine rings is 1. The molecule has 1 atom stereocenters. The van der Waals surface area contributed by atoms with E-state index in [0.29, 0.717) is 0 Å². The summed E-state index contributed by atoms with van der Waals surface area (Å²) in [5.74, 6) is 3.53. The highest BCUT2D eigenvalue weighted by Gasteiger charge is 2.27. The monoisotopic (exact) mass is 361 g/mol. The molecule has 146 valence electrons. The molecule has 6 heteroatoms. The van der Waals surface area contributed by atoms with Crippen molar-refractivity contribution in [2.75, 3.05) is 33.3 Å². The maximum atomic E-state index is 5.95. The molecule has 2 fully saturated rings. The van der Waals surface area contributed by atoms with Crippen molar-refractivity contribution < 1.29 is 4.74 Å². The van der Waals surface area contributed by atoms with Crippen LogP contribution in [0.1, 0.15) is 51.2 Å². The number of nitrogens with zero attached hydrogens (tertiary/aromatic N) is 4. The van der Waals surface area contributed by atoms with Gasteiger partial charge in [-0.25, -0.2) is 0 Å². The van der Waals surface area contributed by atoms with Crippen molar-refractivity contribution in [2.45, 2.75) is 45.6 Å². The van der Waals surface area contributed by atoms with E-state index in [9.17, 15) is 0 Å². The van der Waals surface area contributed by atoms with Crippen LogP contribution >= 0.6 is 0 Å². The Morgan fingerprint density at radius 2 is 2.12 bits per heavy atom. The van der Waals surface area contributed by atoms with E-state index >= 15 is 0 Å². The summed E-state index contributed by atoms with van der Waals surface area (Å²) in [6, 6.07) is 0. The lowest BCUT2D eigenvalue weighted by atomic mass is 9.77. The quantitative estimate of drug-likeness (QED) is 0.662. The first-order valence-electron chi connectivity index (χ1n) is 10.1. The van der Waals surface area contributed by atoms with Crippen molar-refractivity contribution >= 4 is 5.96 Å². The molecular weight excluding hydrogens is 326 g/mol. The first-order valence-corrected chi connectivity index (χ1v) is 10.1. The number of aliphatic imine (C=N–C) groups is 1. The van der Waals surface area contributed by atoms with Gasteiger partial charge in [0.2, 0.25) is 0 Å². The zero-order valence-electron chi connectivity index (χ0n) is 16.8.